The Hall–Kier alpha value is -0.780. The van der Waals surface area contributed by atoms with Gasteiger partial charge in [0.1, 0.15) is 0 Å². The van der Waals surface area contributed by atoms with E-state index in [0.717, 1.165) is 0 Å². The Kier molecular flexibility index (Phi) is 12.6. The third-order valence-electron chi connectivity index (χ3n) is 0.329. The van der Waals surface area contributed by atoms with Crippen molar-refractivity contribution in [3.63, 3.8) is 0 Å². The average molecular weight is 124 g/mol. The minimum absolute atomic E-state index is 1.17. The van der Waals surface area contributed by atoms with Crippen molar-refractivity contribution in [3.05, 3.63) is 37.0 Å². The number of rotatable bonds is 1. The molecular weight excluding hydrogens is 108 g/mol. The van der Waals surface area contributed by atoms with Crippen LogP contribution < -0.4 is 0 Å². The summed E-state index contributed by atoms with van der Waals surface area (Å²) in [6.45, 7) is 12.9. The van der Waals surface area contributed by atoms with Crippen LogP contribution in [0.2, 0.25) is 0 Å². The van der Waals surface area contributed by atoms with Gasteiger partial charge in [-0.1, -0.05) is 30.4 Å². The SMILES string of the molecule is C=C(C)C.C=CC=CC. The zero-order valence-electron chi connectivity index (χ0n) is 6.65. The van der Waals surface area contributed by atoms with Gasteiger partial charge in [-0.15, -0.1) is 6.58 Å². The van der Waals surface area contributed by atoms with Gasteiger partial charge >= 0.3 is 0 Å². The molecule has 0 rings (SSSR count). The van der Waals surface area contributed by atoms with Crippen molar-refractivity contribution in [3.8, 4) is 0 Å². The molecule has 0 bridgehead atoms. The van der Waals surface area contributed by atoms with Crippen molar-refractivity contribution in [2.75, 3.05) is 0 Å². The molecule has 0 aliphatic heterocycles. The molecule has 0 atom stereocenters. The van der Waals surface area contributed by atoms with Crippen LogP contribution in [0.1, 0.15) is 20.8 Å². The van der Waals surface area contributed by atoms with Gasteiger partial charge in [0.15, 0.2) is 0 Å². The van der Waals surface area contributed by atoms with E-state index in [-0.39, 0.29) is 0 Å². The molecule has 9 heavy (non-hydrogen) atoms. The fourth-order valence-corrected chi connectivity index (χ4v) is 0.136. The van der Waals surface area contributed by atoms with E-state index in [1.807, 2.05) is 32.9 Å². The van der Waals surface area contributed by atoms with E-state index < -0.39 is 0 Å². The molecule has 0 heterocycles. The van der Waals surface area contributed by atoms with Gasteiger partial charge in [0.25, 0.3) is 0 Å². The molecule has 0 N–H and O–H groups in total. The van der Waals surface area contributed by atoms with Gasteiger partial charge in [-0.05, 0) is 20.8 Å². The van der Waals surface area contributed by atoms with Gasteiger partial charge in [0, 0.05) is 0 Å². The molecule has 0 heteroatoms. The summed E-state index contributed by atoms with van der Waals surface area (Å²) < 4.78 is 0. The number of allylic oxidation sites excluding steroid dienone is 4. The molecular formula is C9H16. The topological polar surface area (TPSA) is 0 Å². The quantitative estimate of drug-likeness (QED) is 0.371. The predicted octanol–water partition coefficient (Wildman–Crippen LogP) is 3.33. The van der Waals surface area contributed by atoms with Crippen molar-refractivity contribution >= 4 is 0 Å². The molecule has 52 valence electrons. The van der Waals surface area contributed by atoms with Gasteiger partial charge in [0.2, 0.25) is 0 Å². The molecule has 0 unspecified atom stereocenters. The number of hydrogen-bond donors (Lipinski definition) is 0. The normalized spacial score (nSPS) is 7.89. The Morgan fingerprint density at radius 1 is 1.33 bits per heavy atom. The van der Waals surface area contributed by atoms with Gasteiger partial charge < -0.3 is 0 Å². The lowest BCUT2D eigenvalue weighted by Gasteiger charge is -1.65. The first-order chi connectivity index (χ1) is 4.15. The lowest BCUT2D eigenvalue weighted by atomic mass is 10.4. The van der Waals surface area contributed by atoms with Gasteiger partial charge in [-0.25, -0.2) is 0 Å². The summed E-state index contributed by atoms with van der Waals surface area (Å²) in [5.74, 6) is 0. The van der Waals surface area contributed by atoms with Gasteiger partial charge in [-0.2, -0.15) is 0 Å². The highest BCUT2D eigenvalue weighted by Gasteiger charge is 1.51. The highest BCUT2D eigenvalue weighted by atomic mass is 13.6. The monoisotopic (exact) mass is 124 g/mol. The van der Waals surface area contributed by atoms with Crippen LogP contribution in [0.4, 0.5) is 0 Å². The van der Waals surface area contributed by atoms with Crippen LogP contribution in [0.15, 0.2) is 37.0 Å². The Bertz CT molecular complexity index is 92.6. The Balaban J connectivity index is 0. The average Bonchev–Trinajstić information content (AvgIpc) is 1.66. The summed E-state index contributed by atoms with van der Waals surface area (Å²) in [5.41, 5.74) is 1.17. The van der Waals surface area contributed by atoms with Crippen LogP contribution in [0.25, 0.3) is 0 Å². The molecule has 0 fully saturated rings. The molecule has 0 aromatic carbocycles. The molecule has 0 aliphatic carbocycles. The van der Waals surface area contributed by atoms with E-state index in [9.17, 15) is 0 Å². The molecule has 0 aromatic heterocycles. The van der Waals surface area contributed by atoms with Crippen LogP contribution in [-0.4, -0.2) is 0 Å². The van der Waals surface area contributed by atoms with E-state index >= 15 is 0 Å². The first-order valence-corrected chi connectivity index (χ1v) is 3.01. The Labute approximate surface area is 58.6 Å². The fourth-order valence-electron chi connectivity index (χ4n) is 0.136. The Morgan fingerprint density at radius 2 is 1.67 bits per heavy atom. The molecule has 0 amide bonds. The first-order valence-electron chi connectivity index (χ1n) is 3.01. The minimum Gasteiger partial charge on any atom is -0.100 e. The second-order valence-electron chi connectivity index (χ2n) is 1.97. The van der Waals surface area contributed by atoms with Crippen LogP contribution in [0.3, 0.4) is 0 Å². The van der Waals surface area contributed by atoms with Crippen molar-refractivity contribution in [2.45, 2.75) is 20.8 Å². The summed E-state index contributed by atoms with van der Waals surface area (Å²) in [6, 6.07) is 0. The van der Waals surface area contributed by atoms with E-state index in [2.05, 4.69) is 13.2 Å². The summed E-state index contributed by atoms with van der Waals surface area (Å²) in [7, 11) is 0. The second kappa shape index (κ2) is 10.3. The second-order valence-corrected chi connectivity index (χ2v) is 1.97. The highest BCUT2D eigenvalue weighted by Crippen LogP contribution is 1.73. The van der Waals surface area contributed by atoms with Crippen molar-refractivity contribution in [1.82, 2.24) is 0 Å². The first kappa shape index (κ1) is 11.1. The molecule has 0 saturated carbocycles. The van der Waals surface area contributed by atoms with Crippen molar-refractivity contribution < 1.29 is 0 Å². The molecule has 0 aromatic rings. The van der Waals surface area contributed by atoms with Crippen molar-refractivity contribution in [1.29, 1.82) is 0 Å². The summed E-state index contributed by atoms with van der Waals surface area (Å²) in [6.07, 6.45) is 5.58. The lowest BCUT2D eigenvalue weighted by molar-refractivity contribution is 1.42. The standard InChI is InChI=1S/C5H8.C4H8/c1-3-5-4-2;1-4(2)3/h3-5H,1H2,2H3;1H2,2-3H3. The van der Waals surface area contributed by atoms with Crippen LogP contribution in [0, 0.1) is 0 Å². The largest absolute Gasteiger partial charge is 0.100 e. The highest BCUT2D eigenvalue weighted by molar-refractivity contribution is 4.94. The summed E-state index contributed by atoms with van der Waals surface area (Å²) in [4.78, 5) is 0. The maximum absolute atomic E-state index is 3.56. The smallest absolute Gasteiger partial charge is 0.0445 e. The molecule has 0 nitrogen and oxygen atoms in total. The maximum atomic E-state index is 3.56. The lowest BCUT2D eigenvalue weighted by Crippen LogP contribution is -1.43. The minimum atomic E-state index is 1.17. The zero-order valence-corrected chi connectivity index (χ0v) is 6.65. The van der Waals surface area contributed by atoms with E-state index in [1.54, 1.807) is 6.08 Å². The fraction of sp³-hybridized carbons (Fsp3) is 0.333. The maximum Gasteiger partial charge on any atom is -0.0445 e. The van der Waals surface area contributed by atoms with Gasteiger partial charge in [0.05, 0.1) is 0 Å². The van der Waals surface area contributed by atoms with E-state index in [4.69, 9.17) is 0 Å². The predicted molar refractivity (Wildman–Crippen MR) is 45.5 cm³/mol. The molecule has 0 radical (unpaired) electrons. The third kappa shape index (κ3) is 132. The van der Waals surface area contributed by atoms with Crippen molar-refractivity contribution in [2.24, 2.45) is 0 Å². The van der Waals surface area contributed by atoms with Gasteiger partial charge in [-0.3, -0.25) is 0 Å². The number of hydrogen-bond acceptors (Lipinski definition) is 0. The summed E-state index contributed by atoms with van der Waals surface area (Å²) >= 11 is 0. The van der Waals surface area contributed by atoms with Crippen LogP contribution in [0.5, 0.6) is 0 Å². The molecule has 0 aliphatic rings. The van der Waals surface area contributed by atoms with E-state index in [0.29, 0.717) is 0 Å². The van der Waals surface area contributed by atoms with Crippen LogP contribution >= 0.6 is 0 Å². The summed E-state index contributed by atoms with van der Waals surface area (Å²) in [5, 5.41) is 0. The third-order valence-corrected chi connectivity index (χ3v) is 0.329. The molecule has 0 spiro atoms. The Morgan fingerprint density at radius 3 is 1.67 bits per heavy atom. The van der Waals surface area contributed by atoms with E-state index in [1.165, 1.54) is 5.57 Å². The van der Waals surface area contributed by atoms with Crippen LogP contribution in [-0.2, 0) is 0 Å². The zero-order chi connectivity index (χ0) is 7.70. The molecule has 0 saturated heterocycles.